The summed E-state index contributed by atoms with van der Waals surface area (Å²) in [6, 6.07) is 9.89. The van der Waals surface area contributed by atoms with Crippen LogP contribution in [0.25, 0.3) is 0 Å². The van der Waals surface area contributed by atoms with Crippen molar-refractivity contribution in [3.63, 3.8) is 0 Å². The highest BCUT2D eigenvalue weighted by atomic mass is 32.1. The highest BCUT2D eigenvalue weighted by Crippen LogP contribution is 2.12. The molecule has 0 atom stereocenters. The van der Waals surface area contributed by atoms with E-state index in [1.165, 1.54) is 0 Å². The summed E-state index contributed by atoms with van der Waals surface area (Å²) in [7, 11) is 1.94. The smallest absolute Gasteiger partial charge is 0.256 e. The van der Waals surface area contributed by atoms with Crippen molar-refractivity contribution in [3.05, 3.63) is 57.2 Å². The van der Waals surface area contributed by atoms with Crippen LogP contribution < -0.4 is 10.5 Å². The quantitative estimate of drug-likeness (QED) is 0.816. The highest BCUT2D eigenvalue weighted by Gasteiger charge is 2.04. The lowest BCUT2D eigenvalue weighted by Gasteiger charge is -2.18. The third-order valence-corrected chi connectivity index (χ3v) is 2.72. The minimum absolute atomic E-state index is 0.142. The van der Waals surface area contributed by atoms with E-state index in [0.29, 0.717) is 16.9 Å². The molecule has 17 heavy (non-hydrogen) atoms. The molecule has 0 unspecified atom stereocenters. The SMILES string of the molecule is CN(Cc1c[nH]c(=S)[nH]c1=O)c1ccccc1. The van der Waals surface area contributed by atoms with Crippen LogP contribution in [0.4, 0.5) is 5.69 Å². The van der Waals surface area contributed by atoms with Crippen LogP contribution in [0, 0.1) is 4.77 Å². The molecule has 0 amide bonds. The number of H-pyrrole nitrogens is 2. The van der Waals surface area contributed by atoms with Crippen molar-refractivity contribution < 1.29 is 0 Å². The van der Waals surface area contributed by atoms with Crippen LogP contribution in [0.5, 0.6) is 0 Å². The van der Waals surface area contributed by atoms with Gasteiger partial charge >= 0.3 is 0 Å². The van der Waals surface area contributed by atoms with E-state index in [4.69, 9.17) is 12.2 Å². The summed E-state index contributed by atoms with van der Waals surface area (Å²) in [5, 5.41) is 0. The molecule has 5 heteroatoms. The van der Waals surface area contributed by atoms with Crippen molar-refractivity contribution in [1.29, 1.82) is 0 Å². The molecule has 0 saturated carbocycles. The van der Waals surface area contributed by atoms with Gasteiger partial charge in [0, 0.05) is 25.5 Å². The van der Waals surface area contributed by atoms with Crippen LogP contribution >= 0.6 is 12.2 Å². The molecule has 2 aromatic rings. The first-order chi connectivity index (χ1) is 8.16. The molecular formula is C12H13N3OS. The first kappa shape index (κ1) is 11.6. The van der Waals surface area contributed by atoms with Gasteiger partial charge in [0.05, 0.1) is 5.56 Å². The number of aromatic amines is 2. The Balaban J connectivity index is 2.22. The number of para-hydroxylation sites is 1. The zero-order valence-corrected chi connectivity index (χ0v) is 10.3. The van der Waals surface area contributed by atoms with Crippen LogP contribution in [0.15, 0.2) is 41.3 Å². The van der Waals surface area contributed by atoms with E-state index in [1.807, 2.05) is 42.3 Å². The number of aromatic nitrogens is 2. The summed E-state index contributed by atoms with van der Waals surface area (Å²) < 4.78 is 0.348. The molecule has 2 rings (SSSR count). The molecule has 0 aliphatic carbocycles. The molecule has 4 nitrogen and oxygen atoms in total. The van der Waals surface area contributed by atoms with Crippen molar-refractivity contribution >= 4 is 17.9 Å². The predicted octanol–water partition coefficient (Wildman–Crippen LogP) is 2.07. The van der Waals surface area contributed by atoms with E-state index in [1.54, 1.807) is 6.20 Å². The predicted molar refractivity (Wildman–Crippen MR) is 70.8 cm³/mol. The molecule has 0 fully saturated rings. The number of hydrogen-bond donors (Lipinski definition) is 2. The molecule has 0 spiro atoms. The fraction of sp³-hybridized carbons (Fsp3) is 0.167. The first-order valence-electron chi connectivity index (χ1n) is 5.24. The maximum Gasteiger partial charge on any atom is 0.256 e. The topological polar surface area (TPSA) is 51.9 Å². The molecule has 0 aliphatic rings. The van der Waals surface area contributed by atoms with Gasteiger partial charge in [-0.2, -0.15) is 0 Å². The normalized spacial score (nSPS) is 10.2. The number of nitrogens with one attached hydrogen (secondary N) is 2. The lowest BCUT2D eigenvalue weighted by atomic mass is 10.2. The number of benzene rings is 1. The Kier molecular flexibility index (Phi) is 3.39. The van der Waals surface area contributed by atoms with Gasteiger partial charge in [-0.1, -0.05) is 18.2 Å². The van der Waals surface area contributed by atoms with Gasteiger partial charge in [0.1, 0.15) is 0 Å². The van der Waals surface area contributed by atoms with Gasteiger partial charge in [-0.25, -0.2) is 0 Å². The summed E-state index contributed by atoms with van der Waals surface area (Å²) in [6.07, 6.45) is 1.65. The van der Waals surface area contributed by atoms with Gasteiger partial charge in [-0.3, -0.25) is 9.78 Å². The lowest BCUT2D eigenvalue weighted by molar-refractivity contribution is 0.883. The lowest BCUT2D eigenvalue weighted by Crippen LogP contribution is -2.23. The minimum Gasteiger partial charge on any atom is -0.370 e. The van der Waals surface area contributed by atoms with Crippen LogP contribution in [-0.2, 0) is 6.54 Å². The highest BCUT2D eigenvalue weighted by molar-refractivity contribution is 7.71. The van der Waals surface area contributed by atoms with E-state index >= 15 is 0 Å². The third-order valence-electron chi connectivity index (χ3n) is 2.50. The number of nitrogens with zero attached hydrogens (tertiary/aromatic N) is 1. The van der Waals surface area contributed by atoms with Gasteiger partial charge in [-0.15, -0.1) is 0 Å². The van der Waals surface area contributed by atoms with Gasteiger partial charge < -0.3 is 9.88 Å². The fourth-order valence-electron chi connectivity index (χ4n) is 1.58. The van der Waals surface area contributed by atoms with Gasteiger partial charge in [-0.05, 0) is 24.4 Å². The zero-order valence-electron chi connectivity index (χ0n) is 9.43. The minimum atomic E-state index is -0.142. The van der Waals surface area contributed by atoms with E-state index in [9.17, 15) is 4.79 Å². The molecule has 1 aromatic heterocycles. The van der Waals surface area contributed by atoms with E-state index in [0.717, 1.165) is 5.69 Å². The zero-order chi connectivity index (χ0) is 12.3. The van der Waals surface area contributed by atoms with Crippen LogP contribution in [0.1, 0.15) is 5.56 Å². The number of rotatable bonds is 3. The molecule has 0 aliphatic heterocycles. The van der Waals surface area contributed by atoms with E-state index < -0.39 is 0 Å². The number of hydrogen-bond acceptors (Lipinski definition) is 3. The molecule has 0 bridgehead atoms. The van der Waals surface area contributed by atoms with Gasteiger partial charge in [0.2, 0.25) is 0 Å². The Morgan fingerprint density at radius 3 is 2.65 bits per heavy atom. The first-order valence-corrected chi connectivity index (χ1v) is 5.65. The second kappa shape index (κ2) is 4.97. The molecular weight excluding hydrogens is 234 g/mol. The van der Waals surface area contributed by atoms with Crippen molar-refractivity contribution in [2.75, 3.05) is 11.9 Å². The Hall–Kier alpha value is -1.88. The van der Waals surface area contributed by atoms with Crippen LogP contribution in [0.3, 0.4) is 0 Å². The average Bonchev–Trinajstić information content (AvgIpc) is 2.34. The van der Waals surface area contributed by atoms with Crippen molar-refractivity contribution in [2.24, 2.45) is 0 Å². The molecule has 88 valence electrons. The third kappa shape index (κ3) is 2.82. The summed E-state index contributed by atoms with van der Waals surface area (Å²) in [5.74, 6) is 0. The van der Waals surface area contributed by atoms with Crippen molar-refractivity contribution in [1.82, 2.24) is 9.97 Å². The Morgan fingerprint density at radius 2 is 2.00 bits per heavy atom. The fourth-order valence-corrected chi connectivity index (χ4v) is 1.74. The maximum absolute atomic E-state index is 11.6. The summed E-state index contributed by atoms with van der Waals surface area (Å²) >= 11 is 4.84. The molecule has 2 N–H and O–H groups in total. The van der Waals surface area contributed by atoms with Crippen LogP contribution in [-0.4, -0.2) is 17.0 Å². The Labute approximate surface area is 104 Å². The molecule has 0 radical (unpaired) electrons. The van der Waals surface area contributed by atoms with Crippen molar-refractivity contribution in [2.45, 2.75) is 6.54 Å². The monoisotopic (exact) mass is 247 g/mol. The summed E-state index contributed by atoms with van der Waals surface area (Å²) in [6.45, 7) is 0.533. The van der Waals surface area contributed by atoms with Gasteiger partial charge in [0.25, 0.3) is 5.56 Å². The molecule has 1 heterocycles. The molecule has 0 saturated heterocycles. The summed E-state index contributed by atoms with van der Waals surface area (Å²) in [4.78, 5) is 19.0. The van der Waals surface area contributed by atoms with E-state index in [2.05, 4.69) is 9.97 Å². The largest absolute Gasteiger partial charge is 0.370 e. The summed E-state index contributed by atoms with van der Waals surface area (Å²) in [5.41, 5.74) is 1.58. The Bertz CT molecular complexity index is 603. The van der Waals surface area contributed by atoms with E-state index in [-0.39, 0.29) is 5.56 Å². The molecule has 1 aromatic carbocycles. The second-order valence-corrected chi connectivity index (χ2v) is 4.20. The Morgan fingerprint density at radius 1 is 1.29 bits per heavy atom. The van der Waals surface area contributed by atoms with Crippen LogP contribution in [0.2, 0.25) is 0 Å². The number of anilines is 1. The standard InChI is InChI=1S/C12H13N3OS/c1-15(10-5-3-2-4-6-10)8-9-7-13-12(17)14-11(9)16/h2-7H,8H2,1H3,(H2,13,14,16,17). The average molecular weight is 247 g/mol. The van der Waals surface area contributed by atoms with Crippen molar-refractivity contribution in [3.8, 4) is 0 Å². The maximum atomic E-state index is 11.6. The second-order valence-electron chi connectivity index (χ2n) is 3.79. The van der Waals surface area contributed by atoms with Gasteiger partial charge in [0.15, 0.2) is 4.77 Å².